The lowest BCUT2D eigenvalue weighted by Crippen LogP contribution is -2.47. The third-order valence-corrected chi connectivity index (χ3v) is 8.05. The highest BCUT2D eigenvalue weighted by molar-refractivity contribution is 7.89. The Morgan fingerprint density at radius 2 is 1.66 bits per heavy atom. The Labute approximate surface area is 206 Å². The molecule has 186 valence electrons. The SMILES string of the molecule is COc1cc2c(cc1OC)[C@H]([C@H](C)NS(=O)(=O)c1ccc(C)cc1)N(Cc1ccc(F)cc1)CC2. The average molecular weight is 499 g/mol. The minimum absolute atomic E-state index is 0.225. The molecule has 1 aliphatic heterocycles. The summed E-state index contributed by atoms with van der Waals surface area (Å²) in [4.78, 5) is 2.45. The van der Waals surface area contributed by atoms with Crippen LogP contribution >= 0.6 is 0 Å². The second-order valence-electron chi connectivity index (χ2n) is 8.92. The van der Waals surface area contributed by atoms with Crippen molar-refractivity contribution >= 4 is 10.0 Å². The molecule has 3 aromatic carbocycles. The van der Waals surface area contributed by atoms with Gasteiger partial charge in [0.15, 0.2) is 11.5 Å². The largest absolute Gasteiger partial charge is 0.493 e. The normalized spacial score (nSPS) is 17.0. The van der Waals surface area contributed by atoms with Crippen LogP contribution in [0.3, 0.4) is 0 Å². The molecule has 0 radical (unpaired) electrons. The summed E-state index contributed by atoms with van der Waals surface area (Å²) in [6, 6.07) is 16.4. The molecule has 3 aromatic rings. The fourth-order valence-electron chi connectivity index (χ4n) is 4.71. The minimum Gasteiger partial charge on any atom is -0.493 e. The Balaban J connectivity index is 1.71. The topological polar surface area (TPSA) is 67.9 Å². The second kappa shape index (κ2) is 10.4. The number of sulfonamides is 1. The van der Waals surface area contributed by atoms with Crippen molar-refractivity contribution in [2.45, 2.75) is 43.8 Å². The fraction of sp³-hybridized carbons (Fsp3) is 0.333. The van der Waals surface area contributed by atoms with Gasteiger partial charge in [-0.2, -0.15) is 0 Å². The molecule has 0 spiro atoms. The highest BCUT2D eigenvalue weighted by Crippen LogP contribution is 2.40. The summed E-state index contributed by atoms with van der Waals surface area (Å²) in [7, 11) is -0.555. The van der Waals surface area contributed by atoms with Crippen LogP contribution < -0.4 is 14.2 Å². The highest BCUT2D eigenvalue weighted by Gasteiger charge is 2.35. The zero-order chi connectivity index (χ0) is 25.2. The number of hydrogen-bond donors (Lipinski definition) is 1. The summed E-state index contributed by atoms with van der Waals surface area (Å²) >= 11 is 0. The maximum atomic E-state index is 13.5. The van der Waals surface area contributed by atoms with Gasteiger partial charge >= 0.3 is 0 Å². The molecule has 0 saturated carbocycles. The van der Waals surface area contributed by atoms with Gasteiger partial charge in [-0.3, -0.25) is 4.90 Å². The Kier molecular flexibility index (Phi) is 7.44. The van der Waals surface area contributed by atoms with Crippen molar-refractivity contribution in [2.24, 2.45) is 0 Å². The molecular formula is C27H31FN2O4S. The van der Waals surface area contributed by atoms with Gasteiger partial charge in [0.1, 0.15) is 5.82 Å². The number of aryl methyl sites for hydroxylation is 1. The van der Waals surface area contributed by atoms with Gasteiger partial charge < -0.3 is 9.47 Å². The van der Waals surface area contributed by atoms with Crippen molar-refractivity contribution in [3.8, 4) is 11.5 Å². The van der Waals surface area contributed by atoms with Gasteiger partial charge in [-0.15, -0.1) is 0 Å². The first-order valence-electron chi connectivity index (χ1n) is 11.5. The quantitative estimate of drug-likeness (QED) is 0.491. The van der Waals surface area contributed by atoms with Crippen molar-refractivity contribution in [1.82, 2.24) is 9.62 Å². The van der Waals surface area contributed by atoms with Crippen molar-refractivity contribution in [2.75, 3.05) is 20.8 Å². The number of benzene rings is 3. The van der Waals surface area contributed by atoms with Gasteiger partial charge in [0, 0.05) is 19.1 Å². The number of fused-ring (bicyclic) bond motifs is 1. The number of nitrogens with one attached hydrogen (secondary N) is 1. The van der Waals surface area contributed by atoms with Gasteiger partial charge in [-0.25, -0.2) is 17.5 Å². The summed E-state index contributed by atoms with van der Waals surface area (Å²) in [5, 5.41) is 0. The molecule has 0 amide bonds. The standard InChI is InChI=1S/C27H31FN2O4S/c1-18-5-11-23(12-6-18)35(31,32)29-19(2)27-24-16-26(34-4)25(33-3)15-21(24)13-14-30(27)17-20-7-9-22(28)10-8-20/h5-12,15-16,19,27,29H,13-14,17H2,1-4H3/t19-,27-/m0/s1. The Bertz CT molecular complexity index is 1280. The Morgan fingerprint density at radius 1 is 1.03 bits per heavy atom. The van der Waals surface area contributed by atoms with Crippen LogP contribution in [0.4, 0.5) is 4.39 Å². The van der Waals surface area contributed by atoms with Crippen molar-refractivity contribution in [1.29, 1.82) is 0 Å². The van der Waals surface area contributed by atoms with E-state index in [-0.39, 0.29) is 16.8 Å². The van der Waals surface area contributed by atoms with E-state index >= 15 is 0 Å². The summed E-state index contributed by atoms with van der Waals surface area (Å²) in [5.74, 6) is 0.948. The van der Waals surface area contributed by atoms with E-state index in [4.69, 9.17) is 9.47 Å². The van der Waals surface area contributed by atoms with Crippen molar-refractivity contribution < 1.29 is 22.3 Å². The van der Waals surface area contributed by atoms with Gasteiger partial charge in [0.25, 0.3) is 0 Å². The van der Waals surface area contributed by atoms with Crippen LogP contribution in [0.15, 0.2) is 65.6 Å². The van der Waals surface area contributed by atoms with Gasteiger partial charge in [-0.1, -0.05) is 29.8 Å². The van der Waals surface area contributed by atoms with E-state index in [1.165, 1.54) is 12.1 Å². The number of hydrogen-bond acceptors (Lipinski definition) is 5. The van der Waals surface area contributed by atoms with Crippen LogP contribution in [0.5, 0.6) is 11.5 Å². The van der Waals surface area contributed by atoms with Gasteiger partial charge in [0.2, 0.25) is 10.0 Å². The molecule has 1 N–H and O–H groups in total. The van der Waals surface area contributed by atoms with E-state index in [1.807, 2.05) is 26.0 Å². The summed E-state index contributed by atoms with van der Waals surface area (Å²) in [5.41, 5.74) is 4.01. The molecule has 2 atom stereocenters. The average Bonchev–Trinajstić information content (AvgIpc) is 2.84. The van der Waals surface area contributed by atoms with E-state index in [2.05, 4.69) is 9.62 Å². The lowest BCUT2D eigenvalue weighted by Gasteiger charge is -2.41. The van der Waals surface area contributed by atoms with E-state index in [1.54, 1.807) is 50.6 Å². The number of rotatable bonds is 8. The monoisotopic (exact) mass is 498 g/mol. The molecule has 1 heterocycles. The summed E-state index contributed by atoms with van der Waals surface area (Å²) in [6.45, 7) is 5.05. The molecule has 1 aliphatic rings. The van der Waals surface area contributed by atoms with Crippen LogP contribution in [0.25, 0.3) is 0 Å². The Hall–Kier alpha value is -2.94. The molecule has 0 unspecified atom stereocenters. The maximum Gasteiger partial charge on any atom is 0.240 e. The number of halogens is 1. The van der Waals surface area contributed by atoms with E-state index < -0.39 is 16.1 Å². The van der Waals surface area contributed by atoms with Crippen molar-refractivity contribution in [3.05, 3.63) is 88.7 Å². The van der Waals surface area contributed by atoms with Crippen LogP contribution in [0, 0.1) is 12.7 Å². The van der Waals surface area contributed by atoms with E-state index in [0.29, 0.717) is 24.6 Å². The molecular weight excluding hydrogens is 467 g/mol. The third-order valence-electron chi connectivity index (χ3n) is 6.47. The molecule has 35 heavy (non-hydrogen) atoms. The fourth-order valence-corrected chi connectivity index (χ4v) is 5.96. The molecule has 8 heteroatoms. The molecule has 0 aliphatic carbocycles. The first-order chi connectivity index (χ1) is 16.7. The lowest BCUT2D eigenvalue weighted by molar-refractivity contribution is 0.150. The molecule has 0 fully saturated rings. The summed E-state index contributed by atoms with van der Waals surface area (Å²) in [6.07, 6.45) is 0.769. The first-order valence-corrected chi connectivity index (χ1v) is 13.0. The second-order valence-corrected chi connectivity index (χ2v) is 10.6. The molecule has 0 saturated heterocycles. The lowest BCUT2D eigenvalue weighted by atomic mass is 9.88. The zero-order valence-electron chi connectivity index (χ0n) is 20.4. The Morgan fingerprint density at radius 3 is 2.29 bits per heavy atom. The predicted octanol–water partition coefficient (Wildman–Crippen LogP) is 4.62. The van der Waals surface area contributed by atoms with E-state index in [0.717, 1.165) is 28.7 Å². The van der Waals surface area contributed by atoms with Crippen molar-refractivity contribution in [3.63, 3.8) is 0 Å². The molecule has 0 bridgehead atoms. The molecule has 4 rings (SSSR count). The number of ether oxygens (including phenoxy) is 2. The third kappa shape index (κ3) is 5.50. The smallest absolute Gasteiger partial charge is 0.240 e. The zero-order valence-corrected chi connectivity index (χ0v) is 21.2. The minimum atomic E-state index is -3.74. The predicted molar refractivity (Wildman–Crippen MR) is 134 cm³/mol. The number of methoxy groups -OCH3 is 2. The number of nitrogens with zero attached hydrogens (tertiary/aromatic N) is 1. The van der Waals surface area contributed by atoms with Crippen LogP contribution in [-0.4, -0.2) is 40.1 Å². The molecule has 6 nitrogen and oxygen atoms in total. The van der Waals surface area contributed by atoms with Crippen LogP contribution in [-0.2, 0) is 23.0 Å². The highest BCUT2D eigenvalue weighted by atomic mass is 32.2. The summed E-state index contributed by atoms with van der Waals surface area (Å²) < 4.78 is 53.9. The maximum absolute atomic E-state index is 13.5. The molecule has 0 aromatic heterocycles. The van der Waals surface area contributed by atoms with Gasteiger partial charge in [0.05, 0.1) is 25.2 Å². The van der Waals surface area contributed by atoms with E-state index in [9.17, 15) is 12.8 Å². The first kappa shape index (κ1) is 25.2. The van der Waals surface area contributed by atoms with Crippen LogP contribution in [0.1, 0.15) is 35.2 Å². The van der Waals surface area contributed by atoms with Crippen LogP contribution in [0.2, 0.25) is 0 Å². The van der Waals surface area contributed by atoms with Gasteiger partial charge in [-0.05, 0) is 73.4 Å².